The van der Waals surface area contributed by atoms with Crippen molar-refractivity contribution >= 4 is 51.8 Å². The fraction of sp³-hybridized carbons (Fsp3) is 0.296. The summed E-state index contributed by atoms with van der Waals surface area (Å²) in [5.41, 5.74) is 3.08. The monoisotopic (exact) mass is 509 g/mol. The molecule has 7 nitrogen and oxygen atoms in total. The van der Waals surface area contributed by atoms with Crippen molar-refractivity contribution in [3.05, 3.63) is 64.3 Å². The van der Waals surface area contributed by atoms with Crippen molar-refractivity contribution in [2.24, 2.45) is 0 Å². The van der Waals surface area contributed by atoms with E-state index in [2.05, 4.69) is 11.4 Å². The number of benzene rings is 2. The Kier molecular flexibility index (Phi) is 6.95. The number of hydrogen-bond acceptors (Lipinski definition) is 6. The van der Waals surface area contributed by atoms with Gasteiger partial charge in [-0.05, 0) is 87.5 Å². The zero-order valence-corrected chi connectivity index (χ0v) is 21.7. The fourth-order valence-electron chi connectivity index (χ4n) is 4.22. The molecule has 2 aliphatic heterocycles. The highest BCUT2D eigenvalue weighted by Gasteiger charge is 2.37. The van der Waals surface area contributed by atoms with Gasteiger partial charge in [0.25, 0.3) is 11.1 Å². The van der Waals surface area contributed by atoms with Crippen molar-refractivity contribution < 1.29 is 23.5 Å². The topological polar surface area (TPSA) is 79.0 Å². The van der Waals surface area contributed by atoms with Gasteiger partial charge < -0.3 is 15.0 Å². The Balaban J connectivity index is 1.50. The zero-order valence-electron chi connectivity index (χ0n) is 20.8. The Morgan fingerprint density at radius 3 is 2.56 bits per heavy atom. The van der Waals surface area contributed by atoms with E-state index in [1.165, 1.54) is 12.1 Å². The van der Waals surface area contributed by atoms with E-state index in [0.717, 1.165) is 21.7 Å². The molecular formula is C27H28FN3O4S. The molecule has 0 aromatic heterocycles. The van der Waals surface area contributed by atoms with E-state index in [1.807, 2.05) is 39.6 Å². The Labute approximate surface area is 214 Å². The van der Waals surface area contributed by atoms with Crippen LogP contribution in [-0.2, 0) is 9.59 Å². The van der Waals surface area contributed by atoms with Crippen LogP contribution in [0.4, 0.5) is 20.6 Å². The first-order valence-electron chi connectivity index (χ1n) is 11.6. The standard InChI is InChI=1S/C27H28FN3O4S/c1-6-35-19-9-7-18(8-10-19)29-24(32)15-31-25(33)23(36-26(31)34)12-17-11-20-16(2)14-27(3,4)30(5)22(20)13-21(17)28/h7-14H,6,15H2,1-5H3,(H,29,32)/b23-12+. The van der Waals surface area contributed by atoms with Gasteiger partial charge in [-0.1, -0.05) is 6.08 Å². The number of carbonyl (C=O) groups is 3. The molecule has 0 saturated carbocycles. The lowest BCUT2D eigenvalue weighted by Gasteiger charge is -2.40. The van der Waals surface area contributed by atoms with Crippen LogP contribution in [-0.4, -0.2) is 47.7 Å². The predicted octanol–water partition coefficient (Wildman–Crippen LogP) is 5.53. The van der Waals surface area contributed by atoms with Gasteiger partial charge in [0.2, 0.25) is 5.91 Å². The number of thioether (sulfide) groups is 1. The van der Waals surface area contributed by atoms with E-state index >= 15 is 4.39 Å². The number of amides is 3. The van der Waals surface area contributed by atoms with Gasteiger partial charge >= 0.3 is 0 Å². The van der Waals surface area contributed by atoms with Crippen molar-refractivity contribution in [2.45, 2.75) is 33.2 Å². The molecule has 3 amide bonds. The van der Waals surface area contributed by atoms with Crippen molar-refractivity contribution in [3.8, 4) is 5.75 Å². The lowest BCUT2D eigenvalue weighted by molar-refractivity contribution is -0.127. The number of hydrogen-bond donors (Lipinski definition) is 1. The molecular weight excluding hydrogens is 481 g/mol. The number of nitrogens with zero attached hydrogens (tertiary/aromatic N) is 2. The fourth-order valence-corrected chi connectivity index (χ4v) is 5.05. The van der Waals surface area contributed by atoms with E-state index in [4.69, 9.17) is 4.74 Å². The molecule has 1 fully saturated rings. The summed E-state index contributed by atoms with van der Waals surface area (Å²) in [5, 5.41) is 2.08. The van der Waals surface area contributed by atoms with Crippen molar-refractivity contribution in [1.82, 2.24) is 4.90 Å². The van der Waals surface area contributed by atoms with Crippen LogP contribution in [0.15, 0.2) is 47.4 Å². The van der Waals surface area contributed by atoms with Gasteiger partial charge in [0.15, 0.2) is 0 Å². The third-order valence-electron chi connectivity index (χ3n) is 6.25. The highest BCUT2D eigenvalue weighted by Crippen LogP contribution is 2.40. The average molecular weight is 510 g/mol. The third-order valence-corrected chi connectivity index (χ3v) is 7.15. The van der Waals surface area contributed by atoms with Gasteiger partial charge in [0.05, 0.1) is 17.1 Å². The van der Waals surface area contributed by atoms with Gasteiger partial charge in [-0.15, -0.1) is 0 Å². The molecule has 0 bridgehead atoms. The van der Waals surface area contributed by atoms with E-state index in [9.17, 15) is 14.4 Å². The molecule has 1 N–H and O–H groups in total. The third kappa shape index (κ3) is 5.02. The van der Waals surface area contributed by atoms with Gasteiger partial charge in [-0.25, -0.2) is 4.39 Å². The van der Waals surface area contributed by atoms with Crippen LogP contribution in [0.3, 0.4) is 0 Å². The maximum absolute atomic E-state index is 15.1. The molecule has 2 aromatic rings. The summed E-state index contributed by atoms with van der Waals surface area (Å²) in [6, 6.07) is 9.91. The van der Waals surface area contributed by atoms with Crippen molar-refractivity contribution in [2.75, 3.05) is 30.4 Å². The van der Waals surface area contributed by atoms with E-state index in [-0.39, 0.29) is 16.0 Å². The summed E-state index contributed by atoms with van der Waals surface area (Å²) in [6.07, 6.45) is 3.48. The van der Waals surface area contributed by atoms with Gasteiger partial charge in [-0.3, -0.25) is 19.3 Å². The van der Waals surface area contributed by atoms with Crippen LogP contribution < -0.4 is 15.0 Å². The number of anilines is 2. The zero-order chi connectivity index (χ0) is 26.2. The summed E-state index contributed by atoms with van der Waals surface area (Å²) in [6.45, 7) is 8.02. The number of ether oxygens (including phenoxy) is 1. The number of likely N-dealkylation sites (N-methyl/N-ethyl adjacent to an activating group) is 1. The SMILES string of the molecule is CCOc1ccc(NC(=O)CN2C(=O)S/C(=C/c3cc4c(cc3F)N(C)C(C)(C)C=C4C)C2=O)cc1. The first kappa shape index (κ1) is 25.5. The quantitative estimate of drug-likeness (QED) is 0.516. The number of carbonyl (C=O) groups excluding carboxylic acids is 3. The Hall–Kier alpha value is -3.59. The minimum Gasteiger partial charge on any atom is -0.494 e. The molecule has 2 heterocycles. The predicted molar refractivity (Wildman–Crippen MR) is 141 cm³/mol. The Morgan fingerprint density at radius 1 is 1.19 bits per heavy atom. The van der Waals surface area contributed by atoms with Gasteiger partial charge in [0, 0.05) is 29.5 Å². The molecule has 4 rings (SSSR count). The molecule has 0 unspecified atom stereocenters. The lowest BCUT2D eigenvalue weighted by Crippen LogP contribution is -2.42. The molecule has 2 aromatic carbocycles. The smallest absolute Gasteiger partial charge is 0.294 e. The number of halogens is 1. The second-order valence-corrected chi connectivity index (χ2v) is 10.2. The summed E-state index contributed by atoms with van der Waals surface area (Å²) in [4.78, 5) is 40.8. The first-order chi connectivity index (χ1) is 17.0. The minimum absolute atomic E-state index is 0.0684. The van der Waals surface area contributed by atoms with E-state index in [0.29, 0.717) is 29.8 Å². The number of rotatable bonds is 6. The largest absolute Gasteiger partial charge is 0.494 e. The molecule has 0 aliphatic carbocycles. The average Bonchev–Trinajstić information content (AvgIpc) is 3.07. The second kappa shape index (κ2) is 9.81. The van der Waals surface area contributed by atoms with E-state index < -0.39 is 29.4 Å². The van der Waals surface area contributed by atoms with Crippen LogP contribution in [0.1, 0.15) is 38.8 Å². The molecule has 188 valence electrons. The molecule has 0 radical (unpaired) electrons. The highest BCUT2D eigenvalue weighted by molar-refractivity contribution is 8.18. The summed E-state index contributed by atoms with van der Waals surface area (Å²) in [7, 11) is 1.91. The summed E-state index contributed by atoms with van der Waals surface area (Å²) < 4.78 is 20.4. The molecule has 1 saturated heterocycles. The lowest BCUT2D eigenvalue weighted by atomic mass is 9.88. The van der Waals surface area contributed by atoms with Gasteiger partial charge in [0.1, 0.15) is 18.1 Å². The summed E-state index contributed by atoms with van der Waals surface area (Å²) in [5.74, 6) is -0.975. The van der Waals surface area contributed by atoms with Crippen LogP contribution in [0, 0.1) is 5.82 Å². The first-order valence-corrected chi connectivity index (χ1v) is 12.4. The minimum atomic E-state index is -0.630. The molecule has 0 atom stereocenters. The highest BCUT2D eigenvalue weighted by atomic mass is 32.2. The van der Waals surface area contributed by atoms with Crippen LogP contribution >= 0.6 is 11.8 Å². The van der Waals surface area contributed by atoms with E-state index in [1.54, 1.807) is 30.3 Å². The maximum atomic E-state index is 15.1. The van der Waals surface area contributed by atoms with Gasteiger partial charge in [-0.2, -0.15) is 0 Å². The van der Waals surface area contributed by atoms with Crippen LogP contribution in [0.5, 0.6) is 5.75 Å². The molecule has 2 aliphatic rings. The van der Waals surface area contributed by atoms with Crippen LogP contribution in [0.2, 0.25) is 0 Å². The number of allylic oxidation sites excluding steroid dienone is 1. The number of nitrogens with one attached hydrogen (secondary N) is 1. The van der Waals surface area contributed by atoms with Crippen LogP contribution in [0.25, 0.3) is 11.6 Å². The maximum Gasteiger partial charge on any atom is 0.294 e. The molecule has 36 heavy (non-hydrogen) atoms. The number of imide groups is 1. The second-order valence-electron chi connectivity index (χ2n) is 9.20. The molecule has 9 heteroatoms. The Morgan fingerprint density at radius 2 is 1.89 bits per heavy atom. The normalized spacial score (nSPS) is 17.8. The van der Waals surface area contributed by atoms with Crippen molar-refractivity contribution in [1.29, 1.82) is 0 Å². The molecule has 0 spiro atoms. The Bertz CT molecular complexity index is 1300. The number of fused-ring (bicyclic) bond motifs is 1. The summed E-state index contributed by atoms with van der Waals surface area (Å²) >= 11 is 0.690. The van der Waals surface area contributed by atoms with Crippen molar-refractivity contribution in [3.63, 3.8) is 0 Å².